The van der Waals surface area contributed by atoms with Crippen molar-refractivity contribution in [1.29, 1.82) is 0 Å². The van der Waals surface area contributed by atoms with Gasteiger partial charge in [0.2, 0.25) is 0 Å². The molecular formula is C23H17NO5. The number of nitrogens with one attached hydrogen (secondary N) is 1. The highest BCUT2D eigenvalue weighted by atomic mass is 16.5. The molecule has 0 saturated heterocycles. The maximum Gasteiger partial charge on any atom is 0.342 e. The number of phenols is 2. The highest BCUT2D eigenvalue weighted by Gasteiger charge is 2.19. The van der Waals surface area contributed by atoms with E-state index in [0.717, 1.165) is 16.8 Å². The molecule has 1 amide bonds. The number of ether oxygens (including phenoxy) is 1. The van der Waals surface area contributed by atoms with Crippen LogP contribution in [0.5, 0.6) is 11.5 Å². The zero-order valence-electron chi connectivity index (χ0n) is 15.3. The third kappa shape index (κ3) is 3.55. The van der Waals surface area contributed by atoms with Gasteiger partial charge in [-0.1, -0.05) is 60.7 Å². The monoisotopic (exact) mass is 387 g/mol. The lowest BCUT2D eigenvalue weighted by molar-refractivity contribution is -0.119. The molecule has 0 aliphatic rings. The summed E-state index contributed by atoms with van der Waals surface area (Å²) in [6, 6.07) is 20.8. The summed E-state index contributed by atoms with van der Waals surface area (Å²) in [5.74, 6) is -1.89. The van der Waals surface area contributed by atoms with Crippen molar-refractivity contribution in [3.05, 3.63) is 78.4 Å². The topological polar surface area (TPSA) is 95.9 Å². The highest BCUT2D eigenvalue weighted by Crippen LogP contribution is 2.35. The molecule has 0 unspecified atom stereocenters. The predicted molar refractivity (Wildman–Crippen MR) is 110 cm³/mol. The number of benzene rings is 4. The van der Waals surface area contributed by atoms with Gasteiger partial charge in [-0.25, -0.2) is 4.79 Å². The molecule has 0 aliphatic carbocycles. The lowest BCUT2D eigenvalue weighted by atomic mass is 10.0. The SMILES string of the molecule is O=C(COC(=O)c1cc(O)c2ccccc2c1O)Nc1cccc2ccccc12. The van der Waals surface area contributed by atoms with Crippen LogP contribution in [-0.2, 0) is 9.53 Å². The van der Waals surface area contributed by atoms with Crippen LogP contribution in [0.1, 0.15) is 10.4 Å². The number of carbonyl (C=O) groups excluding carboxylic acids is 2. The summed E-state index contributed by atoms with van der Waals surface area (Å²) in [5.41, 5.74) is 0.398. The third-order valence-electron chi connectivity index (χ3n) is 4.61. The molecule has 0 spiro atoms. The van der Waals surface area contributed by atoms with Gasteiger partial charge in [-0.3, -0.25) is 4.79 Å². The quantitative estimate of drug-likeness (QED) is 0.360. The van der Waals surface area contributed by atoms with E-state index in [1.807, 2.05) is 36.4 Å². The summed E-state index contributed by atoms with van der Waals surface area (Å²) in [6.45, 7) is -0.533. The number of phenolic OH excluding ortho intramolecular Hbond substituents is 2. The average Bonchev–Trinajstić information content (AvgIpc) is 2.75. The summed E-state index contributed by atoms with van der Waals surface area (Å²) in [4.78, 5) is 24.6. The minimum Gasteiger partial charge on any atom is -0.507 e. The molecule has 0 atom stereocenters. The van der Waals surface area contributed by atoms with Crippen LogP contribution in [0.25, 0.3) is 21.5 Å². The second kappa shape index (κ2) is 7.52. The number of fused-ring (bicyclic) bond motifs is 2. The van der Waals surface area contributed by atoms with Crippen molar-refractivity contribution in [2.75, 3.05) is 11.9 Å². The van der Waals surface area contributed by atoms with Crippen LogP contribution in [0, 0.1) is 0 Å². The zero-order chi connectivity index (χ0) is 20.4. The standard InChI is InChI=1S/C23H17NO5/c25-20-12-18(22(27)17-10-4-3-9-16(17)20)23(28)29-13-21(26)24-19-11-5-7-14-6-1-2-8-15(14)19/h1-12,25,27H,13H2,(H,24,26). The van der Waals surface area contributed by atoms with E-state index in [4.69, 9.17) is 4.74 Å². The van der Waals surface area contributed by atoms with E-state index >= 15 is 0 Å². The van der Waals surface area contributed by atoms with Gasteiger partial charge >= 0.3 is 5.97 Å². The minimum atomic E-state index is -0.906. The van der Waals surface area contributed by atoms with Gasteiger partial charge in [0.15, 0.2) is 6.61 Å². The van der Waals surface area contributed by atoms with Crippen molar-refractivity contribution in [1.82, 2.24) is 0 Å². The van der Waals surface area contributed by atoms with E-state index in [1.54, 1.807) is 30.3 Å². The Bertz CT molecular complexity index is 1240. The molecule has 29 heavy (non-hydrogen) atoms. The Morgan fingerprint density at radius 1 is 0.828 bits per heavy atom. The number of carbonyl (C=O) groups is 2. The first-order chi connectivity index (χ1) is 14.0. The van der Waals surface area contributed by atoms with Gasteiger partial charge in [0.1, 0.15) is 17.1 Å². The molecule has 0 aromatic heterocycles. The fourth-order valence-corrected chi connectivity index (χ4v) is 3.23. The number of anilines is 1. The Labute approximate surface area is 166 Å². The van der Waals surface area contributed by atoms with Gasteiger partial charge in [0.05, 0.1) is 0 Å². The molecule has 0 bridgehead atoms. The number of aromatic hydroxyl groups is 2. The Morgan fingerprint density at radius 3 is 2.28 bits per heavy atom. The van der Waals surface area contributed by atoms with Gasteiger partial charge < -0.3 is 20.3 Å². The van der Waals surface area contributed by atoms with E-state index in [-0.39, 0.29) is 17.1 Å². The summed E-state index contributed by atoms with van der Waals surface area (Å²) >= 11 is 0. The Kier molecular flexibility index (Phi) is 4.75. The van der Waals surface area contributed by atoms with E-state index in [2.05, 4.69) is 5.32 Å². The van der Waals surface area contributed by atoms with E-state index in [1.165, 1.54) is 0 Å². The number of esters is 1. The average molecular weight is 387 g/mol. The van der Waals surface area contributed by atoms with Crippen LogP contribution < -0.4 is 5.32 Å². The molecule has 4 aromatic rings. The number of amides is 1. The van der Waals surface area contributed by atoms with E-state index in [9.17, 15) is 19.8 Å². The lowest BCUT2D eigenvalue weighted by Gasteiger charge is -2.11. The molecule has 0 saturated carbocycles. The van der Waals surface area contributed by atoms with Crippen molar-refractivity contribution in [2.45, 2.75) is 0 Å². The number of hydrogen-bond acceptors (Lipinski definition) is 5. The van der Waals surface area contributed by atoms with E-state index < -0.39 is 18.5 Å². The highest BCUT2D eigenvalue weighted by molar-refractivity contribution is 6.05. The fourth-order valence-electron chi connectivity index (χ4n) is 3.23. The first-order valence-electron chi connectivity index (χ1n) is 8.93. The molecule has 0 heterocycles. The summed E-state index contributed by atoms with van der Waals surface area (Å²) in [6.07, 6.45) is 0. The zero-order valence-corrected chi connectivity index (χ0v) is 15.3. The first kappa shape index (κ1) is 18.3. The van der Waals surface area contributed by atoms with Crippen molar-refractivity contribution in [3.63, 3.8) is 0 Å². The maximum absolute atomic E-state index is 12.4. The van der Waals surface area contributed by atoms with Crippen molar-refractivity contribution >= 4 is 39.1 Å². The molecule has 0 fully saturated rings. The van der Waals surface area contributed by atoms with Crippen LogP contribution in [0.3, 0.4) is 0 Å². The molecule has 0 radical (unpaired) electrons. The van der Waals surface area contributed by atoms with Crippen molar-refractivity contribution in [2.24, 2.45) is 0 Å². The van der Waals surface area contributed by atoms with Crippen molar-refractivity contribution < 1.29 is 24.5 Å². The normalized spacial score (nSPS) is 10.8. The minimum absolute atomic E-state index is 0.162. The van der Waals surface area contributed by atoms with Crippen LogP contribution in [0.2, 0.25) is 0 Å². The number of hydrogen-bond donors (Lipinski definition) is 3. The van der Waals surface area contributed by atoms with Gasteiger partial charge in [0, 0.05) is 21.8 Å². The molecule has 6 nitrogen and oxygen atoms in total. The summed E-state index contributed by atoms with van der Waals surface area (Å²) < 4.78 is 5.04. The Morgan fingerprint density at radius 2 is 1.48 bits per heavy atom. The lowest BCUT2D eigenvalue weighted by Crippen LogP contribution is -2.21. The third-order valence-corrected chi connectivity index (χ3v) is 4.61. The maximum atomic E-state index is 12.4. The molecule has 6 heteroatoms. The number of rotatable bonds is 4. The van der Waals surface area contributed by atoms with Gasteiger partial charge in [-0.05, 0) is 17.5 Å². The smallest absolute Gasteiger partial charge is 0.342 e. The molecule has 4 aromatic carbocycles. The summed E-state index contributed by atoms with van der Waals surface area (Å²) in [7, 11) is 0. The predicted octanol–water partition coefficient (Wildman–Crippen LogP) is 4.20. The van der Waals surface area contributed by atoms with Crippen LogP contribution in [0.15, 0.2) is 72.8 Å². The van der Waals surface area contributed by atoms with Crippen LogP contribution >= 0.6 is 0 Å². The summed E-state index contributed by atoms with van der Waals surface area (Å²) in [5, 5.41) is 25.7. The second-order valence-electron chi connectivity index (χ2n) is 6.49. The Balaban J connectivity index is 1.49. The largest absolute Gasteiger partial charge is 0.507 e. The molecule has 144 valence electrons. The second-order valence-corrected chi connectivity index (χ2v) is 6.49. The fraction of sp³-hybridized carbons (Fsp3) is 0.0435. The van der Waals surface area contributed by atoms with E-state index in [0.29, 0.717) is 16.5 Å². The molecule has 3 N–H and O–H groups in total. The Hall–Kier alpha value is -4.06. The van der Waals surface area contributed by atoms with Crippen LogP contribution in [0.4, 0.5) is 5.69 Å². The molecule has 4 rings (SSSR count). The molecular weight excluding hydrogens is 370 g/mol. The van der Waals surface area contributed by atoms with Crippen LogP contribution in [-0.4, -0.2) is 28.7 Å². The van der Waals surface area contributed by atoms with Gasteiger partial charge in [-0.2, -0.15) is 0 Å². The van der Waals surface area contributed by atoms with Gasteiger partial charge in [-0.15, -0.1) is 0 Å². The van der Waals surface area contributed by atoms with Crippen molar-refractivity contribution in [3.8, 4) is 11.5 Å². The first-order valence-corrected chi connectivity index (χ1v) is 8.93. The van der Waals surface area contributed by atoms with Gasteiger partial charge in [0.25, 0.3) is 5.91 Å². The molecule has 0 aliphatic heterocycles.